The van der Waals surface area contributed by atoms with Gasteiger partial charge >= 0.3 is 0 Å². The fourth-order valence-corrected chi connectivity index (χ4v) is 10.2. The van der Waals surface area contributed by atoms with E-state index in [9.17, 15) is 0 Å². The summed E-state index contributed by atoms with van der Waals surface area (Å²) in [5.41, 5.74) is 18.4. The largest absolute Gasteiger partial charge is 0.310 e. The van der Waals surface area contributed by atoms with Crippen LogP contribution in [0.4, 0.5) is 17.1 Å². The minimum absolute atomic E-state index is 0.126. The van der Waals surface area contributed by atoms with E-state index in [0.717, 1.165) is 17.1 Å². The van der Waals surface area contributed by atoms with Crippen molar-refractivity contribution in [1.82, 2.24) is 0 Å². The maximum Gasteiger partial charge on any atom is 0.0713 e. The Morgan fingerprint density at radius 3 is 1.61 bits per heavy atom. The zero-order valence-electron chi connectivity index (χ0n) is 32.2. The molecule has 0 saturated heterocycles. The Balaban J connectivity index is 1.19. The lowest BCUT2D eigenvalue weighted by Crippen LogP contribution is -2.28. The molecule has 0 atom stereocenters. The molecule has 0 amide bonds. The van der Waals surface area contributed by atoms with Crippen LogP contribution >= 0.6 is 0 Å². The number of hydrogen-bond acceptors (Lipinski definition) is 1. The highest BCUT2D eigenvalue weighted by Crippen LogP contribution is 2.58. The average molecular weight is 728 g/mol. The molecule has 2 aliphatic rings. The number of rotatable bonds is 6. The molecule has 9 aromatic carbocycles. The van der Waals surface area contributed by atoms with Gasteiger partial charge in [-0.05, 0) is 102 Å². The van der Waals surface area contributed by atoms with Gasteiger partial charge in [0.1, 0.15) is 0 Å². The number of anilines is 3. The van der Waals surface area contributed by atoms with Gasteiger partial charge in [-0.15, -0.1) is 0 Å². The van der Waals surface area contributed by atoms with E-state index in [-0.39, 0.29) is 5.41 Å². The summed E-state index contributed by atoms with van der Waals surface area (Å²) >= 11 is 0. The fourth-order valence-electron chi connectivity index (χ4n) is 10.2. The summed E-state index contributed by atoms with van der Waals surface area (Å²) in [6, 6.07) is 78.7. The van der Waals surface area contributed by atoms with Crippen LogP contribution < -0.4 is 4.90 Å². The average Bonchev–Trinajstić information content (AvgIpc) is 3.71. The normalized spacial score (nSPS) is 14.1. The maximum absolute atomic E-state index is 2.49. The van der Waals surface area contributed by atoms with Gasteiger partial charge in [0.2, 0.25) is 0 Å². The molecule has 0 aromatic heterocycles. The molecule has 0 aliphatic heterocycles. The topological polar surface area (TPSA) is 3.24 Å². The summed E-state index contributed by atoms with van der Waals surface area (Å²) in [5.74, 6) is 0. The molecule has 0 bridgehead atoms. The van der Waals surface area contributed by atoms with Crippen LogP contribution in [0.1, 0.15) is 47.2 Å². The molecular formula is C56H41N. The van der Waals surface area contributed by atoms with Gasteiger partial charge in [0, 0.05) is 22.4 Å². The number of fused-ring (bicyclic) bond motifs is 8. The molecule has 9 aromatic rings. The van der Waals surface area contributed by atoms with Crippen molar-refractivity contribution >= 4 is 27.8 Å². The van der Waals surface area contributed by atoms with E-state index in [2.05, 4.69) is 231 Å². The third-order valence-electron chi connectivity index (χ3n) is 12.7. The summed E-state index contributed by atoms with van der Waals surface area (Å²) in [6.45, 7) is 4.73. The van der Waals surface area contributed by atoms with Crippen LogP contribution in [0.2, 0.25) is 0 Å². The van der Waals surface area contributed by atoms with Crippen molar-refractivity contribution in [1.29, 1.82) is 0 Å². The molecule has 270 valence electrons. The Morgan fingerprint density at radius 2 is 0.895 bits per heavy atom. The monoisotopic (exact) mass is 727 g/mol. The summed E-state index contributed by atoms with van der Waals surface area (Å²) in [7, 11) is 0. The van der Waals surface area contributed by atoms with Gasteiger partial charge in [0.05, 0.1) is 11.1 Å². The molecule has 57 heavy (non-hydrogen) atoms. The molecular weight excluding hydrogens is 687 g/mol. The molecule has 1 heteroatoms. The second kappa shape index (κ2) is 12.8. The van der Waals surface area contributed by atoms with Gasteiger partial charge in [-0.25, -0.2) is 0 Å². The van der Waals surface area contributed by atoms with Crippen molar-refractivity contribution in [3.8, 4) is 33.4 Å². The smallest absolute Gasteiger partial charge is 0.0713 e. The van der Waals surface area contributed by atoms with Crippen molar-refractivity contribution in [3.05, 3.63) is 246 Å². The lowest BCUT2D eigenvalue weighted by molar-refractivity contribution is 0.660. The van der Waals surface area contributed by atoms with Crippen molar-refractivity contribution in [2.75, 3.05) is 4.90 Å². The third-order valence-corrected chi connectivity index (χ3v) is 12.7. The van der Waals surface area contributed by atoms with Crippen LogP contribution in [0.15, 0.2) is 212 Å². The van der Waals surface area contributed by atoms with Crippen LogP contribution in [0, 0.1) is 0 Å². The lowest BCUT2D eigenvalue weighted by Gasteiger charge is -2.34. The van der Waals surface area contributed by atoms with Gasteiger partial charge in [-0.3, -0.25) is 0 Å². The molecule has 0 fully saturated rings. The maximum atomic E-state index is 2.49. The minimum Gasteiger partial charge on any atom is -0.310 e. The van der Waals surface area contributed by atoms with E-state index in [1.54, 1.807) is 0 Å². The summed E-state index contributed by atoms with van der Waals surface area (Å²) in [6.07, 6.45) is 0. The summed E-state index contributed by atoms with van der Waals surface area (Å²) in [5, 5.41) is 2.48. The molecule has 1 nitrogen and oxygen atoms in total. The Labute approximate surface area is 335 Å². The summed E-state index contributed by atoms with van der Waals surface area (Å²) in [4.78, 5) is 2.49. The van der Waals surface area contributed by atoms with Gasteiger partial charge in [-0.1, -0.05) is 196 Å². The van der Waals surface area contributed by atoms with E-state index in [1.807, 2.05) is 0 Å². The first kappa shape index (κ1) is 33.4. The van der Waals surface area contributed by atoms with Gasteiger partial charge < -0.3 is 4.90 Å². The lowest BCUT2D eigenvalue weighted by atomic mass is 9.67. The number of para-hydroxylation sites is 1. The van der Waals surface area contributed by atoms with E-state index >= 15 is 0 Å². The quantitative estimate of drug-likeness (QED) is 0.165. The van der Waals surface area contributed by atoms with E-state index in [1.165, 1.54) is 77.5 Å². The highest BCUT2D eigenvalue weighted by Gasteiger charge is 2.46. The SMILES string of the molecule is CC1(C)c2ccccc2-c2ccc(N(c3ccc4ccc5c(c4c3)-c3ccccc3C5(c3ccccc3)c3ccccc3)c3ccccc3-c3ccccc3)cc21. The molecule has 0 saturated carbocycles. The molecule has 11 rings (SSSR count). The van der Waals surface area contributed by atoms with E-state index < -0.39 is 5.41 Å². The van der Waals surface area contributed by atoms with Crippen molar-refractivity contribution < 1.29 is 0 Å². The van der Waals surface area contributed by atoms with Crippen LogP contribution in [0.25, 0.3) is 44.2 Å². The second-order valence-electron chi connectivity index (χ2n) is 16.0. The Bertz CT molecular complexity index is 2940. The zero-order chi connectivity index (χ0) is 38.1. The first-order valence-corrected chi connectivity index (χ1v) is 20.0. The van der Waals surface area contributed by atoms with Crippen LogP contribution in [0.5, 0.6) is 0 Å². The molecule has 0 radical (unpaired) electrons. The highest BCUT2D eigenvalue weighted by molar-refractivity contribution is 6.06. The van der Waals surface area contributed by atoms with Gasteiger partial charge in [0.25, 0.3) is 0 Å². The molecule has 2 aliphatic carbocycles. The number of nitrogens with zero attached hydrogens (tertiary/aromatic N) is 1. The Morgan fingerprint density at radius 1 is 0.368 bits per heavy atom. The van der Waals surface area contributed by atoms with Crippen molar-refractivity contribution in [2.45, 2.75) is 24.7 Å². The Kier molecular flexibility index (Phi) is 7.50. The number of benzene rings is 9. The van der Waals surface area contributed by atoms with Gasteiger partial charge in [0.15, 0.2) is 0 Å². The first-order chi connectivity index (χ1) is 28.0. The van der Waals surface area contributed by atoms with Crippen LogP contribution in [0.3, 0.4) is 0 Å². The molecule has 0 spiro atoms. The number of hydrogen-bond donors (Lipinski definition) is 0. The Hall–Kier alpha value is -6.96. The molecule has 0 unspecified atom stereocenters. The van der Waals surface area contributed by atoms with Crippen molar-refractivity contribution in [3.63, 3.8) is 0 Å². The predicted molar refractivity (Wildman–Crippen MR) is 239 cm³/mol. The van der Waals surface area contributed by atoms with Crippen LogP contribution in [-0.2, 0) is 10.8 Å². The predicted octanol–water partition coefficient (Wildman–Crippen LogP) is 14.6. The minimum atomic E-state index is -0.460. The first-order valence-electron chi connectivity index (χ1n) is 20.0. The molecule has 0 heterocycles. The second-order valence-corrected chi connectivity index (χ2v) is 16.0. The van der Waals surface area contributed by atoms with Gasteiger partial charge in [-0.2, -0.15) is 0 Å². The zero-order valence-corrected chi connectivity index (χ0v) is 32.2. The summed E-state index contributed by atoms with van der Waals surface area (Å²) < 4.78 is 0. The van der Waals surface area contributed by atoms with Crippen LogP contribution in [-0.4, -0.2) is 0 Å². The van der Waals surface area contributed by atoms with Crippen molar-refractivity contribution in [2.24, 2.45) is 0 Å². The third kappa shape index (κ3) is 4.89. The van der Waals surface area contributed by atoms with E-state index in [4.69, 9.17) is 0 Å². The standard InChI is InChI=1S/C56H41N/c1-55(2)49-27-15-12-25-45(49)46-34-33-43(37-52(46)55)57(53-29-17-14-24-44(53)38-18-6-3-7-19-38)42-32-30-39-31-35-51-54(48(39)36-42)47-26-13-16-28-50(47)56(51,40-20-8-4-9-21-40)41-22-10-5-11-23-41/h3-37H,1-2H3. The molecule has 0 N–H and O–H groups in total. The fraction of sp³-hybridized carbons (Fsp3) is 0.0714. The highest BCUT2D eigenvalue weighted by atomic mass is 15.1. The van der Waals surface area contributed by atoms with E-state index in [0.29, 0.717) is 0 Å².